The van der Waals surface area contributed by atoms with E-state index >= 15 is 0 Å². The molecule has 0 aromatic heterocycles. The van der Waals surface area contributed by atoms with E-state index in [1.54, 1.807) is 12.1 Å². The number of hydrogen-bond donors (Lipinski definition) is 1. The highest BCUT2D eigenvalue weighted by Gasteiger charge is 2.10. The van der Waals surface area contributed by atoms with Crippen molar-refractivity contribution in [3.05, 3.63) is 34.4 Å². The fraction of sp³-hybridized carbons (Fsp3) is 0.500. The Kier molecular flexibility index (Phi) is 5.22. The highest BCUT2D eigenvalue weighted by Crippen LogP contribution is 2.18. The van der Waals surface area contributed by atoms with Gasteiger partial charge < -0.3 is 5.32 Å². The average molecular weight is 257 g/mol. The van der Waals surface area contributed by atoms with Gasteiger partial charge in [0.05, 0.1) is 4.92 Å². The fourth-order valence-electron chi connectivity index (χ4n) is 1.64. The molecule has 0 radical (unpaired) electrons. The molecule has 5 heteroatoms. The van der Waals surface area contributed by atoms with Crippen LogP contribution in [0.25, 0.3) is 0 Å². The summed E-state index contributed by atoms with van der Waals surface area (Å²) in [5.41, 5.74) is 0.962. The summed E-state index contributed by atoms with van der Waals surface area (Å²) < 4.78 is 0. The standard InChI is InChI=1S/C12H17ClN2O2/c1-9(2)7-11(8-13)14-10-3-5-12(6-4-10)15(16)17/h3-6,9,11,14H,7-8H2,1-2H3. The van der Waals surface area contributed by atoms with Gasteiger partial charge in [0, 0.05) is 29.7 Å². The molecule has 0 saturated heterocycles. The number of halogens is 1. The maximum atomic E-state index is 10.5. The van der Waals surface area contributed by atoms with E-state index in [1.807, 2.05) is 0 Å². The van der Waals surface area contributed by atoms with E-state index < -0.39 is 4.92 Å². The summed E-state index contributed by atoms with van der Waals surface area (Å²) in [4.78, 5) is 10.1. The van der Waals surface area contributed by atoms with Gasteiger partial charge in [0.25, 0.3) is 5.69 Å². The molecule has 4 nitrogen and oxygen atoms in total. The first-order valence-corrected chi connectivity index (χ1v) is 6.13. The molecule has 0 amide bonds. The van der Waals surface area contributed by atoms with Crippen LogP contribution in [0.15, 0.2) is 24.3 Å². The van der Waals surface area contributed by atoms with Crippen LogP contribution in [0.5, 0.6) is 0 Å². The number of nitrogens with zero attached hydrogens (tertiary/aromatic N) is 1. The summed E-state index contributed by atoms with van der Waals surface area (Å²) in [6.45, 7) is 4.27. The summed E-state index contributed by atoms with van der Waals surface area (Å²) in [6.07, 6.45) is 0.973. The van der Waals surface area contributed by atoms with Crippen molar-refractivity contribution in [2.75, 3.05) is 11.2 Å². The summed E-state index contributed by atoms with van der Waals surface area (Å²) in [5.74, 6) is 1.08. The summed E-state index contributed by atoms with van der Waals surface area (Å²) >= 11 is 5.87. The molecule has 1 unspecified atom stereocenters. The third-order valence-electron chi connectivity index (χ3n) is 2.39. The van der Waals surface area contributed by atoms with Gasteiger partial charge in [-0.3, -0.25) is 10.1 Å². The first-order chi connectivity index (χ1) is 8.02. The number of anilines is 1. The number of nitro groups is 1. The molecule has 1 aromatic rings. The zero-order chi connectivity index (χ0) is 12.8. The van der Waals surface area contributed by atoms with Crippen molar-refractivity contribution >= 4 is 23.0 Å². The van der Waals surface area contributed by atoms with Crippen molar-refractivity contribution in [1.29, 1.82) is 0 Å². The van der Waals surface area contributed by atoms with Gasteiger partial charge in [0.15, 0.2) is 0 Å². The minimum atomic E-state index is -0.406. The molecular formula is C12H17ClN2O2. The molecule has 1 N–H and O–H groups in total. The van der Waals surface area contributed by atoms with Gasteiger partial charge in [0.1, 0.15) is 0 Å². The lowest BCUT2D eigenvalue weighted by molar-refractivity contribution is -0.384. The minimum Gasteiger partial charge on any atom is -0.381 e. The Bertz CT molecular complexity index is 365. The fourth-order valence-corrected chi connectivity index (χ4v) is 1.85. The van der Waals surface area contributed by atoms with Crippen molar-refractivity contribution in [3.8, 4) is 0 Å². The lowest BCUT2D eigenvalue weighted by Crippen LogP contribution is -2.23. The maximum absolute atomic E-state index is 10.5. The topological polar surface area (TPSA) is 55.2 Å². The van der Waals surface area contributed by atoms with E-state index in [1.165, 1.54) is 12.1 Å². The van der Waals surface area contributed by atoms with E-state index in [-0.39, 0.29) is 11.7 Å². The van der Waals surface area contributed by atoms with Gasteiger partial charge in [-0.25, -0.2) is 0 Å². The monoisotopic (exact) mass is 256 g/mol. The highest BCUT2D eigenvalue weighted by atomic mass is 35.5. The van der Waals surface area contributed by atoms with Crippen molar-refractivity contribution in [1.82, 2.24) is 0 Å². The molecule has 0 saturated carbocycles. The van der Waals surface area contributed by atoms with E-state index in [0.29, 0.717) is 11.8 Å². The van der Waals surface area contributed by atoms with Crippen molar-refractivity contribution in [2.45, 2.75) is 26.3 Å². The van der Waals surface area contributed by atoms with Crippen LogP contribution in [0.1, 0.15) is 20.3 Å². The molecule has 1 rings (SSSR count). The van der Waals surface area contributed by atoms with E-state index in [0.717, 1.165) is 12.1 Å². The molecule has 1 aromatic carbocycles. The number of benzene rings is 1. The van der Waals surface area contributed by atoms with Crippen LogP contribution >= 0.6 is 11.6 Å². The Balaban J connectivity index is 2.64. The molecule has 0 aliphatic rings. The third kappa shape index (κ3) is 4.61. The SMILES string of the molecule is CC(C)CC(CCl)Nc1ccc([N+](=O)[O-])cc1. The molecule has 94 valence electrons. The second kappa shape index (κ2) is 6.45. The number of rotatable bonds is 6. The van der Waals surface area contributed by atoms with E-state index in [2.05, 4.69) is 19.2 Å². The molecule has 0 spiro atoms. The van der Waals surface area contributed by atoms with Crippen LogP contribution in [-0.4, -0.2) is 16.8 Å². The smallest absolute Gasteiger partial charge is 0.269 e. The molecule has 0 bridgehead atoms. The van der Waals surface area contributed by atoms with Gasteiger partial charge in [0.2, 0.25) is 0 Å². The van der Waals surface area contributed by atoms with Crippen molar-refractivity contribution in [2.24, 2.45) is 5.92 Å². The van der Waals surface area contributed by atoms with Crippen LogP contribution in [0.3, 0.4) is 0 Å². The number of nitro benzene ring substituents is 1. The second-order valence-electron chi connectivity index (χ2n) is 4.43. The molecule has 0 aliphatic carbocycles. The third-order valence-corrected chi connectivity index (χ3v) is 2.76. The zero-order valence-electron chi connectivity index (χ0n) is 10.0. The van der Waals surface area contributed by atoms with Gasteiger partial charge in [-0.2, -0.15) is 0 Å². The Hall–Kier alpha value is -1.29. The minimum absolute atomic E-state index is 0.0989. The molecule has 0 heterocycles. The highest BCUT2D eigenvalue weighted by molar-refractivity contribution is 6.18. The second-order valence-corrected chi connectivity index (χ2v) is 4.74. The predicted octanol–water partition coefficient (Wildman–Crippen LogP) is 3.66. The predicted molar refractivity (Wildman–Crippen MR) is 70.7 cm³/mol. The Morgan fingerprint density at radius 3 is 2.35 bits per heavy atom. The van der Waals surface area contributed by atoms with Gasteiger partial charge in [-0.1, -0.05) is 13.8 Å². The molecule has 0 aliphatic heterocycles. The zero-order valence-corrected chi connectivity index (χ0v) is 10.8. The molecule has 17 heavy (non-hydrogen) atoms. The average Bonchev–Trinajstić information content (AvgIpc) is 2.28. The van der Waals surface area contributed by atoms with Crippen LogP contribution in [0.2, 0.25) is 0 Å². The lowest BCUT2D eigenvalue weighted by Gasteiger charge is -2.19. The normalized spacial score (nSPS) is 12.5. The summed E-state index contributed by atoms with van der Waals surface area (Å²) in [5, 5.41) is 13.8. The molecule has 1 atom stereocenters. The lowest BCUT2D eigenvalue weighted by atomic mass is 10.0. The largest absolute Gasteiger partial charge is 0.381 e. The van der Waals surface area contributed by atoms with Gasteiger partial charge >= 0.3 is 0 Å². The summed E-state index contributed by atoms with van der Waals surface area (Å²) in [6, 6.07) is 6.58. The van der Waals surface area contributed by atoms with Crippen LogP contribution < -0.4 is 5.32 Å². The maximum Gasteiger partial charge on any atom is 0.269 e. The van der Waals surface area contributed by atoms with Crippen LogP contribution in [-0.2, 0) is 0 Å². The summed E-state index contributed by atoms with van der Waals surface area (Å²) in [7, 11) is 0. The number of alkyl halides is 1. The van der Waals surface area contributed by atoms with Crippen LogP contribution in [0.4, 0.5) is 11.4 Å². The van der Waals surface area contributed by atoms with Crippen LogP contribution in [0, 0.1) is 16.0 Å². The Morgan fingerprint density at radius 1 is 1.35 bits per heavy atom. The van der Waals surface area contributed by atoms with Gasteiger partial charge in [-0.05, 0) is 24.5 Å². The number of nitrogens with one attached hydrogen (secondary N) is 1. The molecule has 0 fully saturated rings. The van der Waals surface area contributed by atoms with E-state index in [4.69, 9.17) is 11.6 Å². The van der Waals surface area contributed by atoms with Crippen molar-refractivity contribution < 1.29 is 4.92 Å². The Morgan fingerprint density at radius 2 is 1.94 bits per heavy atom. The number of non-ortho nitro benzene ring substituents is 1. The first-order valence-electron chi connectivity index (χ1n) is 5.60. The molecular weight excluding hydrogens is 240 g/mol. The van der Waals surface area contributed by atoms with E-state index in [9.17, 15) is 10.1 Å². The quantitative estimate of drug-likeness (QED) is 0.480. The first kappa shape index (κ1) is 13.8. The van der Waals surface area contributed by atoms with Crippen molar-refractivity contribution in [3.63, 3.8) is 0 Å². The number of hydrogen-bond acceptors (Lipinski definition) is 3. The Labute approximate surface area is 106 Å². The van der Waals surface area contributed by atoms with Gasteiger partial charge in [-0.15, -0.1) is 11.6 Å².